The molecule has 0 bridgehead atoms. The molecular formula is C8H7N2O2. The number of imide groups is 1. The van der Waals surface area contributed by atoms with E-state index in [1.807, 2.05) is 0 Å². The first kappa shape index (κ1) is 7.09. The summed E-state index contributed by atoms with van der Waals surface area (Å²) in [6.07, 6.45) is 8.07. The Bertz CT molecular complexity index is 293. The summed E-state index contributed by atoms with van der Waals surface area (Å²) >= 11 is 0. The molecule has 1 fully saturated rings. The lowest BCUT2D eigenvalue weighted by molar-refractivity contribution is -0.124. The maximum atomic E-state index is 11.2. The minimum atomic E-state index is -0.436. The molecule has 1 aliphatic heterocycles. The molecule has 2 aliphatic rings. The van der Waals surface area contributed by atoms with E-state index >= 15 is 0 Å². The molecule has 4 nitrogen and oxygen atoms in total. The average molecular weight is 163 g/mol. The molecule has 3 amide bonds. The van der Waals surface area contributed by atoms with Crippen LogP contribution in [0.2, 0.25) is 0 Å². The van der Waals surface area contributed by atoms with E-state index in [1.54, 1.807) is 18.2 Å². The summed E-state index contributed by atoms with van der Waals surface area (Å²) in [6, 6.07) is -0.661. The molecule has 12 heavy (non-hydrogen) atoms. The fourth-order valence-electron chi connectivity index (χ4n) is 1.30. The SMILES string of the molecule is O=C1NC(=O)C2[C]=CC=CC2N1. The van der Waals surface area contributed by atoms with Crippen molar-refractivity contribution >= 4 is 11.9 Å². The highest BCUT2D eigenvalue weighted by molar-refractivity contribution is 5.99. The maximum absolute atomic E-state index is 11.2. The Morgan fingerprint density at radius 2 is 2.25 bits per heavy atom. The van der Waals surface area contributed by atoms with Crippen LogP contribution >= 0.6 is 0 Å². The predicted molar refractivity (Wildman–Crippen MR) is 40.9 cm³/mol. The first-order chi connectivity index (χ1) is 5.77. The van der Waals surface area contributed by atoms with E-state index in [4.69, 9.17) is 0 Å². The molecule has 1 saturated heterocycles. The van der Waals surface area contributed by atoms with Crippen LogP contribution in [0.3, 0.4) is 0 Å². The van der Waals surface area contributed by atoms with Crippen molar-refractivity contribution in [2.75, 3.05) is 0 Å². The number of hydrogen-bond donors (Lipinski definition) is 2. The van der Waals surface area contributed by atoms with Crippen LogP contribution in [-0.4, -0.2) is 18.0 Å². The highest BCUT2D eigenvalue weighted by Crippen LogP contribution is 2.14. The second-order valence-electron chi connectivity index (χ2n) is 2.68. The van der Waals surface area contributed by atoms with Crippen molar-refractivity contribution in [3.05, 3.63) is 24.3 Å². The van der Waals surface area contributed by atoms with Gasteiger partial charge in [-0.15, -0.1) is 0 Å². The monoisotopic (exact) mass is 163 g/mol. The van der Waals surface area contributed by atoms with Gasteiger partial charge in [-0.25, -0.2) is 4.79 Å². The van der Waals surface area contributed by atoms with Crippen LogP contribution in [0.5, 0.6) is 0 Å². The number of carbonyl (C=O) groups excluding carboxylic acids is 2. The zero-order chi connectivity index (χ0) is 8.55. The molecule has 0 spiro atoms. The Balaban J connectivity index is 2.25. The highest BCUT2D eigenvalue weighted by Gasteiger charge is 2.32. The van der Waals surface area contributed by atoms with E-state index in [2.05, 4.69) is 16.7 Å². The number of nitrogens with one attached hydrogen (secondary N) is 2. The summed E-state index contributed by atoms with van der Waals surface area (Å²) in [5.41, 5.74) is 0. The zero-order valence-electron chi connectivity index (χ0n) is 6.20. The van der Waals surface area contributed by atoms with Gasteiger partial charge < -0.3 is 5.32 Å². The van der Waals surface area contributed by atoms with Gasteiger partial charge in [0.1, 0.15) is 0 Å². The summed E-state index contributed by atoms with van der Waals surface area (Å²) in [4.78, 5) is 22.0. The van der Waals surface area contributed by atoms with E-state index in [1.165, 1.54) is 0 Å². The van der Waals surface area contributed by atoms with Gasteiger partial charge in [0.25, 0.3) is 0 Å². The lowest BCUT2D eigenvalue weighted by Crippen LogP contribution is -2.57. The fourth-order valence-corrected chi connectivity index (χ4v) is 1.30. The minimum absolute atomic E-state index is 0.226. The molecule has 0 aromatic heterocycles. The largest absolute Gasteiger partial charge is 0.330 e. The summed E-state index contributed by atoms with van der Waals surface area (Å²) in [6.45, 7) is 0. The van der Waals surface area contributed by atoms with Crippen molar-refractivity contribution < 1.29 is 9.59 Å². The van der Waals surface area contributed by atoms with E-state index in [0.717, 1.165) is 0 Å². The average Bonchev–Trinajstić information content (AvgIpc) is 2.04. The van der Waals surface area contributed by atoms with Crippen molar-refractivity contribution in [3.63, 3.8) is 0 Å². The number of hydrogen-bond acceptors (Lipinski definition) is 2. The van der Waals surface area contributed by atoms with Crippen molar-refractivity contribution in [3.8, 4) is 0 Å². The van der Waals surface area contributed by atoms with Crippen LogP contribution in [0, 0.1) is 12.0 Å². The molecule has 61 valence electrons. The molecule has 1 aliphatic carbocycles. The van der Waals surface area contributed by atoms with E-state index in [9.17, 15) is 9.59 Å². The van der Waals surface area contributed by atoms with Gasteiger partial charge >= 0.3 is 6.03 Å². The molecule has 0 aromatic carbocycles. The van der Waals surface area contributed by atoms with Crippen LogP contribution in [0.15, 0.2) is 18.2 Å². The van der Waals surface area contributed by atoms with Crippen LogP contribution in [0.4, 0.5) is 4.79 Å². The molecule has 2 N–H and O–H groups in total. The number of allylic oxidation sites excluding steroid dienone is 2. The number of carbonyl (C=O) groups is 2. The lowest BCUT2D eigenvalue weighted by atomic mass is 9.93. The van der Waals surface area contributed by atoms with Gasteiger partial charge in [0.15, 0.2) is 0 Å². The molecule has 2 unspecified atom stereocenters. The van der Waals surface area contributed by atoms with Gasteiger partial charge in [-0.2, -0.15) is 0 Å². The predicted octanol–water partition coefficient (Wildman–Crippen LogP) is -0.260. The van der Waals surface area contributed by atoms with E-state index < -0.39 is 6.03 Å². The molecule has 2 atom stereocenters. The van der Waals surface area contributed by atoms with Gasteiger partial charge in [0, 0.05) is 0 Å². The topological polar surface area (TPSA) is 58.2 Å². The normalized spacial score (nSPS) is 32.3. The van der Waals surface area contributed by atoms with Gasteiger partial charge in [-0.1, -0.05) is 18.2 Å². The Hall–Kier alpha value is -1.58. The Kier molecular flexibility index (Phi) is 1.46. The molecular weight excluding hydrogens is 156 g/mol. The quantitative estimate of drug-likeness (QED) is 0.517. The molecule has 1 radical (unpaired) electrons. The van der Waals surface area contributed by atoms with Crippen molar-refractivity contribution in [1.82, 2.24) is 10.6 Å². The summed E-state index contributed by atoms with van der Waals surface area (Å²) < 4.78 is 0. The number of rotatable bonds is 0. The highest BCUT2D eigenvalue weighted by atomic mass is 16.2. The number of amides is 3. The van der Waals surface area contributed by atoms with Crippen LogP contribution in [-0.2, 0) is 4.79 Å². The smallest absolute Gasteiger partial charge is 0.321 e. The fraction of sp³-hybridized carbons (Fsp3) is 0.250. The summed E-state index contributed by atoms with van der Waals surface area (Å²) in [7, 11) is 0. The van der Waals surface area contributed by atoms with Crippen molar-refractivity contribution in [2.45, 2.75) is 6.04 Å². The third-order valence-electron chi connectivity index (χ3n) is 1.87. The molecule has 0 aromatic rings. The number of urea groups is 1. The Labute approximate surface area is 69.3 Å². The van der Waals surface area contributed by atoms with Gasteiger partial charge in [0.05, 0.1) is 12.0 Å². The zero-order valence-corrected chi connectivity index (χ0v) is 6.20. The lowest BCUT2D eigenvalue weighted by Gasteiger charge is -2.28. The van der Waals surface area contributed by atoms with E-state index in [0.29, 0.717) is 0 Å². The van der Waals surface area contributed by atoms with Crippen LogP contribution in [0.25, 0.3) is 0 Å². The standard InChI is InChI=1S/C8H7N2O2/c11-7-5-3-1-2-4-6(5)9-8(12)10-7/h1-2,4-6H,(H2,9,10,11,12). The van der Waals surface area contributed by atoms with Crippen LogP contribution < -0.4 is 10.6 Å². The Morgan fingerprint density at radius 1 is 1.42 bits per heavy atom. The van der Waals surface area contributed by atoms with Gasteiger partial charge in [0.2, 0.25) is 5.91 Å². The first-order valence-electron chi connectivity index (χ1n) is 3.65. The van der Waals surface area contributed by atoms with E-state index in [-0.39, 0.29) is 17.9 Å². The molecule has 2 rings (SSSR count). The second-order valence-corrected chi connectivity index (χ2v) is 2.68. The second kappa shape index (κ2) is 2.48. The molecule has 0 saturated carbocycles. The summed E-state index contributed by atoms with van der Waals surface area (Å²) in [5, 5.41) is 4.78. The summed E-state index contributed by atoms with van der Waals surface area (Å²) in [5.74, 6) is -0.656. The van der Waals surface area contributed by atoms with Crippen molar-refractivity contribution in [1.29, 1.82) is 0 Å². The van der Waals surface area contributed by atoms with Gasteiger partial charge in [-0.05, 0) is 6.08 Å². The van der Waals surface area contributed by atoms with Gasteiger partial charge in [-0.3, -0.25) is 10.1 Å². The number of fused-ring (bicyclic) bond motifs is 1. The first-order valence-corrected chi connectivity index (χ1v) is 3.65. The third-order valence-corrected chi connectivity index (χ3v) is 1.87. The van der Waals surface area contributed by atoms with Crippen LogP contribution in [0.1, 0.15) is 0 Å². The molecule has 4 heteroatoms. The Morgan fingerprint density at radius 3 is 3.08 bits per heavy atom. The van der Waals surface area contributed by atoms with Crippen molar-refractivity contribution in [2.24, 2.45) is 5.92 Å². The minimum Gasteiger partial charge on any atom is -0.330 e. The third kappa shape index (κ3) is 1.01. The molecule has 1 heterocycles. The maximum Gasteiger partial charge on any atom is 0.321 e.